The molecule has 0 aromatic rings. The predicted molar refractivity (Wildman–Crippen MR) is 45.7 cm³/mol. The van der Waals surface area contributed by atoms with Gasteiger partial charge in [0.05, 0.1) is 12.2 Å². The van der Waals surface area contributed by atoms with E-state index in [2.05, 4.69) is 6.92 Å². The smallest absolute Gasteiger partial charge is 0.157 e. The van der Waals surface area contributed by atoms with Crippen molar-refractivity contribution in [1.29, 1.82) is 0 Å². The maximum Gasteiger partial charge on any atom is 0.157 e. The quantitative estimate of drug-likeness (QED) is 0.682. The average Bonchev–Trinajstić information content (AvgIpc) is 2.05. The molecule has 72 valence electrons. The third-order valence-electron chi connectivity index (χ3n) is 2.47. The molecule has 1 rings (SSSR count). The summed E-state index contributed by atoms with van der Waals surface area (Å²) in [6.07, 6.45) is 1.40. The van der Waals surface area contributed by atoms with Crippen LogP contribution in [0.15, 0.2) is 0 Å². The van der Waals surface area contributed by atoms with E-state index in [1.165, 1.54) is 0 Å². The molecule has 0 aromatic carbocycles. The Bertz CT molecular complexity index is 136. The fraction of sp³-hybridized carbons (Fsp3) is 1.00. The molecule has 3 nitrogen and oxygen atoms in total. The Balaban J connectivity index is 2.47. The van der Waals surface area contributed by atoms with Crippen LogP contribution in [0.25, 0.3) is 0 Å². The zero-order valence-corrected chi connectivity index (χ0v) is 7.99. The summed E-state index contributed by atoms with van der Waals surface area (Å²) in [6, 6.07) is 0. The molecule has 0 saturated carbocycles. The van der Waals surface area contributed by atoms with Crippen molar-refractivity contribution in [3.05, 3.63) is 0 Å². The monoisotopic (exact) mass is 174 g/mol. The second-order valence-electron chi connectivity index (χ2n) is 3.56. The Hall–Kier alpha value is -0.120. The fourth-order valence-corrected chi connectivity index (χ4v) is 1.70. The Morgan fingerprint density at radius 1 is 1.50 bits per heavy atom. The van der Waals surface area contributed by atoms with Gasteiger partial charge in [-0.1, -0.05) is 6.92 Å². The van der Waals surface area contributed by atoms with Crippen LogP contribution in [-0.4, -0.2) is 30.7 Å². The van der Waals surface area contributed by atoms with Crippen molar-refractivity contribution in [2.24, 2.45) is 5.92 Å². The molecule has 0 bridgehead atoms. The Morgan fingerprint density at radius 3 is 2.67 bits per heavy atom. The Morgan fingerprint density at radius 2 is 2.17 bits per heavy atom. The largest absolute Gasteiger partial charge is 0.391 e. The van der Waals surface area contributed by atoms with Crippen molar-refractivity contribution in [1.82, 2.24) is 0 Å². The Kier molecular flexibility index (Phi) is 3.50. The maximum absolute atomic E-state index is 9.38. The number of aliphatic hydroxyl groups is 1. The molecule has 0 amide bonds. The lowest BCUT2D eigenvalue weighted by Gasteiger charge is -2.35. The summed E-state index contributed by atoms with van der Waals surface area (Å²) >= 11 is 0. The molecule has 3 heteroatoms. The van der Waals surface area contributed by atoms with Gasteiger partial charge in [-0.2, -0.15) is 0 Å². The van der Waals surface area contributed by atoms with Crippen molar-refractivity contribution in [3.8, 4) is 0 Å². The van der Waals surface area contributed by atoms with E-state index in [1.807, 2.05) is 0 Å². The summed E-state index contributed by atoms with van der Waals surface area (Å²) in [5, 5.41) is 9.38. The molecule has 0 radical (unpaired) electrons. The van der Waals surface area contributed by atoms with Gasteiger partial charge in [0.2, 0.25) is 0 Å². The first-order valence-corrected chi connectivity index (χ1v) is 4.51. The minimum absolute atomic E-state index is 0.0660. The van der Waals surface area contributed by atoms with Gasteiger partial charge in [0, 0.05) is 7.11 Å². The summed E-state index contributed by atoms with van der Waals surface area (Å²) in [4.78, 5) is 0. The molecule has 4 unspecified atom stereocenters. The van der Waals surface area contributed by atoms with Crippen LogP contribution < -0.4 is 0 Å². The van der Waals surface area contributed by atoms with Crippen LogP contribution in [0.3, 0.4) is 0 Å². The minimum Gasteiger partial charge on any atom is -0.391 e. The number of hydrogen-bond acceptors (Lipinski definition) is 3. The lowest BCUT2D eigenvalue weighted by molar-refractivity contribution is -0.216. The molecule has 1 saturated heterocycles. The second kappa shape index (κ2) is 4.21. The van der Waals surface area contributed by atoms with Crippen molar-refractivity contribution in [2.75, 3.05) is 7.11 Å². The minimum atomic E-state index is -0.405. The highest BCUT2D eigenvalue weighted by atomic mass is 16.7. The molecular formula is C9H18O3. The number of methoxy groups -OCH3 is 1. The summed E-state index contributed by atoms with van der Waals surface area (Å²) in [5.74, 6) is 0.427. The summed E-state index contributed by atoms with van der Waals surface area (Å²) < 4.78 is 10.6. The molecule has 12 heavy (non-hydrogen) atoms. The van der Waals surface area contributed by atoms with E-state index >= 15 is 0 Å². The lowest BCUT2D eigenvalue weighted by Crippen LogP contribution is -2.41. The van der Waals surface area contributed by atoms with Gasteiger partial charge < -0.3 is 14.6 Å². The van der Waals surface area contributed by atoms with Gasteiger partial charge in [0.1, 0.15) is 0 Å². The van der Waals surface area contributed by atoms with Gasteiger partial charge in [-0.15, -0.1) is 0 Å². The molecule has 0 aromatic heterocycles. The summed E-state index contributed by atoms with van der Waals surface area (Å²) in [7, 11) is 1.64. The number of hydrogen-bond donors (Lipinski definition) is 1. The van der Waals surface area contributed by atoms with Crippen molar-refractivity contribution < 1.29 is 14.6 Å². The topological polar surface area (TPSA) is 38.7 Å². The summed E-state index contributed by atoms with van der Waals surface area (Å²) in [6.45, 7) is 3.86. The molecule has 4 atom stereocenters. The fourth-order valence-electron chi connectivity index (χ4n) is 1.70. The first kappa shape index (κ1) is 9.96. The van der Waals surface area contributed by atoms with E-state index in [1.54, 1.807) is 14.0 Å². The molecule has 0 aliphatic carbocycles. The number of ether oxygens (including phenoxy) is 2. The molecule has 1 N–H and O–H groups in total. The van der Waals surface area contributed by atoms with Gasteiger partial charge in [-0.25, -0.2) is 0 Å². The second-order valence-corrected chi connectivity index (χ2v) is 3.56. The van der Waals surface area contributed by atoms with Crippen LogP contribution in [0.1, 0.15) is 26.7 Å². The van der Waals surface area contributed by atoms with Crippen molar-refractivity contribution >= 4 is 0 Å². The zero-order valence-electron chi connectivity index (χ0n) is 7.99. The normalized spacial score (nSPS) is 39.5. The molecule has 0 spiro atoms. The van der Waals surface area contributed by atoms with Gasteiger partial charge in [0.15, 0.2) is 6.29 Å². The van der Waals surface area contributed by atoms with Crippen LogP contribution in [0.4, 0.5) is 0 Å². The van der Waals surface area contributed by atoms with Crippen LogP contribution in [0, 0.1) is 5.92 Å². The van der Waals surface area contributed by atoms with E-state index in [-0.39, 0.29) is 12.4 Å². The lowest BCUT2D eigenvalue weighted by atomic mass is 9.93. The molecule has 1 aliphatic rings. The standard InChI is InChI=1S/C9H18O3/c1-6-4-5-8(11-3)12-9(6)7(2)10/h6-10H,4-5H2,1-3H3. The van der Waals surface area contributed by atoms with Crippen molar-refractivity contribution in [3.63, 3.8) is 0 Å². The summed E-state index contributed by atoms with van der Waals surface area (Å²) in [5.41, 5.74) is 0. The zero-order chi connectivity index (χ0) is 9.14. The third kappa shape index (κ3) is 2.19. The third-order valence-corrected chi connectivity index (χ3v) is 2.47. The van der Waals surface area contributed by atoms with Crippen molar-refractivity contribution in [2.45, 2.75) is 45.2 Å². The van der Waals surface area contributed by atoms with Gasteiger partial charge in [-0.3, -0.25) is 0 Å². The Labute approximate surface area is 73.7 Å². The first-order valence-electron chi connectivity index (χ1n) is 4.51. The van der Waals surface area contributed by atoms with E-state index < -0.39 is 6.10 Å². The van der Waals surface area contributed by atoms with E-state index in [0.29, 0.717) is 5.92 Å². The van der Waals surface area contributed by atoms with E-state index in [4.69, 9.17) is 9.47 Å². The highest BCUT2D eigenvalue weighted by molar-refractivity contribution is 4.76. The van der Waals surface area contributed by atoms with E-state index in [9.17, 15) is 5.11 Å². The van der Waals surface area contributed by atoms with Gasteiger partial charge >= 0.3 is 0 Å². The highest BCUT2D eigenvalue weighted by Gasteiger charge is 2.31. The van der Waals surface area contributed by atoms with Crippen LogP contribution in [0.2, 0.25) is 0 Å². The predicted octanol–water partition coefficient (Wildman–Crippen LogP) is 1.15. The SMILES string of the molecule is COC1CCC(C)C(C(C)O)O1. The molecule has 1 aliphatic heterocycles. The molecule has 1 fully saturated rings. The average molecular weight is 174 g/mol. The number of aliphatic hydroxyl groups excluding tert-OH is 1. The van der Waals surface area contributed by atoms with Crippen LogP contribution in [0.5, 0.6) is 0 Å². The van der Waals surface area contributed by atoms with Crippen LogP contribution in [-0.2, 0) is 9.47 Å². The maximum atomic E-state index is 9.38. The van der Waals surface area contributed by atoms with Crippen LogP contribution >= 0.6 is 0 Å². The van der Waals surface area contributed by atoms with Gasteiger partial charge in [-0.05, 0) is 25.7 Å². The number of rotatable bonds is 2. The molecule has 1 heterocycles. The molecular weight excluding hydrogens is 156 g/mol. The van der Waals surface area contributed by atoms with Gasteiger partial charge in [0.25, 0.3) is 0 Å². The van der Waals surface area contributed by atoms with E-state index in [0.717, 1.165) is 12.8 Å². The highest BCUT2D eigenvalue weighted by Crippen LogP contribution is 2.26. The first-order chi connectivity index (χ1) is 5.65.